The molecule has 2 aromatic carbocycles. The lowest BCUT2D eigenvalue weighted by Crippen LogP contribution is -2.30. The molecule has 0 bridgehead atoms. The van der Waals surface area contributed by atoms with E-state index in [1.165, 1.54) is 0 Å². The number of nitrogens with zero attached hydrogens (tertiary/aromatic N) is 2. The van der Waals surface area contributed by atoms with Gasteiger partial charge in [-0.1, -0.05) is 48.5 Å². The van der Waals surface area contributed by atoms with Crippen molar-refractivity contribution >= 4 is 11.8 Å². The van der Waals surface area contributed by atoms with Crippen molar-refractivity contribution in [2.75, 3.05) is 4.90 Å². The number of amides is 1. The van der Waals surface area contributed by atoms with Gasteiger partial charge in [-0.15, -0.1) is 0 Å². The monoisotopic (exact) mass is 318 g/mol. The number of ether oxygens (including phenoxy) is 1. The molecule has 0 aliphatic carbocycles. The minimum absolute atomic E-state index is 0.222. The van der Waals surface area contributed by atoms with Crippen LogP contribution in [0.1, 0.15) is 11.1 Å². The summed E-state index contributed by atoms with van der Waals surface area (Å²) in [6.45, 7) is 0.680. The van der Waals surface area contributed by atoms with Crippen LogP contribution in [0.3, 0.4) is 0 Å². The van der Waals surface area contributed by atoms with Gasteiger partial charge in [-0.2, -0.15) is 0 Å². The molecule has 0 radical (unpaired) electrons. The summed E-state index contributed by atoms with van der Waals surface area (Å²) in [6.07, 6.45) is 2.99. The van der Waals surface area contributed by atoms with Crippen LogP contribution in [0.4, 0.5) is 10.5 Å². The van der Waals surface area contributed by atoms with Crippen LogP contribution in [0.5, 0.6) is 0 Å². The summed E-state index contributed by atoms with van der Waals surface area (Å²) in [5, 5.41) is 0. The summed E-state index contributed by atoms with van der Waals surface area (Å²) in [7, 11) is 0. The molecule has 0 N–H and O–H groups in total. The van der Waals surface area contributed by atoms with E-state index in [0.29, 0.717) is 6.54 Å². The van der Waals surface area contributed by atoms with Crippen molar-refractivity contribution in [3.63, 3.8) is 0 Å². The second-order valence-electron chi connectivity index (χ2n) is 5.32. The molecule has 0 unspecified atom stereocenters. The maximum absolute atomic E-state index is 12.6. The molecule has 0 aliphatic rings. The molecule has 0 spiro atoms. The molecule has 4 heteroatoms. The Bertz CT molecular complexity index is 761. The first-order chi connectivity index (χ1) is 11.8. The minimum Gasteiger partial charge on any atom is -0.444 e. The second-order valence-corrected chi connectivity index (χ2v) is 5.32. The van der Waals surface area contributed by atoms with Crippen molar-refractivity contribution in [2.45, 2.75) is 13.2 Å². The van der Waals surface area contributed by atoms with Crippen molar-refractivity contribution in [3.8, 4) is 0 Å². The summed E-state index contributed by atoms with van der Waals surface area (Å²) in [5.74, 6) is 0. The molecule has 1 amide bonds. The van der Waals surface area contributed by atoms with Crippen LogP contribution < -0.4 is 4.90 Å². The molecule has 0 atom stereocenters. The summed E-state index contributed by atoms with van der Waals surface area (Å²) >= 11 is 0. The van der Waals surface area contributed by atoms with E-state index in [2.05, 4.69) is 4.98 Å². The highest BCUT2D eigenvalue weighted by Gasteiger charge is 2.17. The first kappa shape index (κ1) is 15.7. The van der Waals surface area contributed by atoms with Gasteiger partial charge in [-0.05, 0) is 35.4 Å². The number of anilines is 1. The van der Waals surface area contributed by atoms with Gasteiger partial charge in [0.1, 0.15) is 6.61 Å². The van der Waals surface area contributed by atoms with Gasteiger partial charge in [-0.3, -0.25) is 9.88 Å². The molecule has 3 rings (SSSR count). The zero-order valence-corrected chi connectivity index (χ0v) is 13.2. The van der Waals surface area contributed by atoms with E-state index in [1.807, 2.05) is 72.8 Å². The van der Waals surface area contributed by atoms with E-state index in [0.717, 1.165) is 16.8 Å². The van der Waals surface area contributed by atoms with Gasteiger partial charge in [0.25, 0.3) is 0 Å². The number of hydrogen-bond donors (Lipinski definition) is 0. The number of pyridine rings is 1. The van der Waals surface area contributed by atoms with Gasteiger partial charge >= 0.3 is 6.09 Å². The van der Waals surface area contributed by atoms with E-state index >= 15 is 0 Å². The number of rotatable bonds is 5. The standard InChI is InChI=1S/C20H18N2O2/c23-20(24-16-18-11-13-21-14-12-18)22(19-9-5-2-6-10-19)15-17-7-3-1-4-8-17/h1-14H,15-16H2. The Labute approximate surface area is 141 Å². The minimum atomic E-state index is -0.373. The van der Waals surface area contributed by atoms with Crippen molar-refractivity contribution in [3.05, 3.63) is 96.3 Å². The summed E-state index contributed by atoms with van der Waals surface area (Å²) in [5.41, 5.74) is 2.76. The Morgan fingerprint density at radius 3 is 2.12 bits per heavy atom. The fraction of sp³-hybridized carbons (Fsp3) is 0.100. The molecular formula is C20H18N2O2. The Balaban J connectivity index is 1.75. The fourth-order valence-electron chi connectivity index (χ4n) is 2.34. The normalized spacial score (nSPS) is 10.2. The number of carbonyl (C=O) groups excluding carboxylic acids is 1. The Morgan fingerprint density at radius 2 is 1.46 bits per heavy atom. The topological polar surface area (TPSA) is 42.4 Å². The average molecular weight is 318 g/mol. The van der Waals surface area contributed by atoms with Crippen molar-refractivity contribution < 1.29 is 9.53 Å². The average Bonchev–Trinajstić information content (AvgIpc) is 2.66. The molecular weight excluding hydrogens is 300 g/mol. The van der Waals surface area contributed by atoms with Gasteiger partial charge in [0, 0.05) is 18.1 Å². The molecule has 120 valence electrons. The Kier molecular flexibility index (Phi) is 5.20. The van der Waals surface area contributed by atoms with Crippen LogP contribution in [-0.4, -0.2) is 11.1 Å². The predicted molar refractivity (Wildman–Crippen MR) is 93.5 cm³/mol. The van der Waals surface area contributed by atoms with Crippen LogP contribution in [-0.2, 0) is 17.9 Å². The van der Waals surface area contributed by atoms with E-state index in [4.69, 9.17) is 4.74 Å². The van der Waals surface area contributed by atoms with Gasteiger partial charge in [0.05, 0.1) is 6.54 Å². The number of carbonyl (C=O) groups is 1. The number of para-hydroxylation sites is 1. The molecule has 24 heavy (non-hydrogen) atoms. The molecule has 1 aromatic heterocycles. The van der Waals surface area contributed by atoms with Crippen LogP contribution in [0.25, 0.3) is 0 Å². The quantitative estimate of drug-likeness (QED) is 0.699. The zero-order valence-electron chi connectivity index (χ0n) is 13.2. The molecule has 0 fully saturated rings. The first-order valence-corrected chi connectivity index (χ1v) is 7.75. The molecule has 1 heterocycles. The fourth-order valence-corrected chi connectivity index (χ4v) is 2.34. The van der Waals surface area contributed by atoms with Crippen molar-refractivity contribution in [1.82, 2.24) is 4.98 Å². The number of aromatic nitrogens is 1. The number of hydrogen-bond acceptors (Lipinski definition) is 3. The lowest BCUT2D eigenvalue weighted by Gasteiger charge is -2.22. The first-order valence-electron chi connectivity index (χ1n) is 7.75. The highest BCUT2D eigenvalue weighted by atomic mass is 16.6. The van der Waals surface area contributed by atoms with Crippen LogP contribution in [0.15, 0.2) is 85.2 Å². The Hall–Kier alpha value is -3.14. The maximum Gasteiger partial charge on any atom is 0.414 e. The number of benzene rings is 2. The van der Waals surface area contributed by atoms with Gasteiger partial charge in [0.2, 0.25) is 0 Å². The van der Waals surface area contributed by atoms with Gasteiger partial charge in [0.15, 0.2) is 0 Å². The molecule has 0 saturated heterocycles. The second kappa shape index (κ2) is 7.92. The van der Waals surface area contributed by atoms with Crippen LogP contribution in [0, 0.1) is 0 Å². The van der Waals surface area contributed by atoms with E-state index in [1.54, 1.807) is 17.3 Å². The Morgan fingerprint density at radius 1 is 0.833 bits per heavy atom. The highest BCUT2D eigenvalue weighted by molar-refractivity contribution is 5.87. The van der Waals surface area contributed by atoms with E-state index < -0.39 is 0 Å². The predicted octanol–water partition coefficient (Wildman–Crippen LogP) is 4.43. The summed E-state index contributed by atoms with van der Waals surface area (Å²) in [4.78, 5) is 18.2. The highest BCUT2D eigenvalue weighted by Crippen LogP contribution is 2.18. The van der Waals surface area contributed by atoms with Crippen LogP contribution >= 0.6 is 0 Å². The lowest BCUT2D eigenvalue weighted by molar-refractivity contribution is 0.146. The molecule has 0 saturated carbocycles. The maximum atomic E-state index is 12.6. The van der Waals surface area contributed by atoms with Crippen molar-refractivity contribution in [1.29, 1.82) is 0 Å². The molecule has 0 aliphatic heterocycles. The van der Waals surface area contributed by atoms with E-state index in [-0.39, 0.29) is 12.7 Å². The third-order valence-corrected chi connectivity index (χ3v) is 3.58. The van der Waals surface area contributed by atoms with Gasteiger partial charge in [-0.25, -0.2) is 4.79 Å². The summed E-state index contributed by atoms with van der Waals surface area (Å²) < 4.78 is 5.48. The van der Waals surface area contributed by atoms with Crippen molar-refractivity contribution in [2.24, 2.45) is 0 Å². The zero-order chi connectivity index (χ0) is 16.6. The third-order valence-electron chi connectivity index (χ3n) is 3.58. The van der Waals surface area contributed by atoms with Gasteiger partial charge < -0.3 is 4.74 Å². The molecule has 3 aromatic rings. The lowest BCUT2D eigenvalue weighted by atomic mass is 10.2. The van der Waals surface area contributed by atoms with E-state index in [9.17, 15) is 4.79 Å². The third kappa shape index (κ3) is 4.20. The molecule has 4 nitrogen and oxygen atoms in total. The smallest absolute Gasteiger partial charge is 0.414 e. The van der Waals surface area contributed by atoms with Crippen LogP contribution in [0.2, 0.25) is 0 Å². The summed E-state index contributed by atoms with van der Waals surface area (Å²) in [6, 6.07) is 23.1. The SMILES string of the molecule is O=C(OCc1ccncc1)N(Cc1ccccc1)c1ccccc1. The largest absolute Gasteiger partial charge is 0.444 e.